The summed E-state index contributed by atoms with van der Waals surface area (Å²) in [7, 11) is 0. The molecule has 0 aliphatic heterocycles. The highest BCUT2D eigenvalue weighted by molar-refractivity contribution is 5.66. The first kappa shape index (κ1) is 15.3. The van der Waals surface area contributed by atoms with Gasteiger partial charge in [-0.3, -0.25) is 4.79 Å². The molecule has 0 spiro atoms. The molecule has 1 aromatic heterocycles. The molecule has 2 rings (SSSR count). The highest BCUT2D eigenvalue weighted by Crippen LogP contribution is 2.28. The van der Waals surface area contributed by atoms with Crippen LogP contribution in [0.15, 0.2) is 6.07 Å². The summed E-state index contributed by atoms with van der Waals surface area (Å²) in [6, 6.07) is 4.37. The zero-order chi connectivity index (χ0) is 15.4. The van der Waals surface area contributed by atoms with Gasteiger partial charge >= 0.3 is 5.97 Å². The average Bonchev–Trinajstić information content (AvgIpc) is 2.88. The number of rotatable bonds is 6. The Bertz CT molecular complexity index is 576. The van der Waals surface area contributed by atoms with Crippen molar-refractivity contribution in [1.29, 1.82) is 5.26 Å². The van der Waals surface area contributed by atoms with E-state index in [4.69, 9.17) is 10.1 Å². The Balaban J connectivity index is 2.27. The highest BCUT2D eigenvalue weighted by atomic mass is 16.4. The minimum atomic E-state index is -0.791. The van der Waals surface area contributed by atoms with Crippen molar-refractivity contribution < 1.29 is 9.90 Å². The van der Waals surface area contributed by atoms with E-state index in [1.165, 1.54) is 5.56 Å². The van der Waals surface area contributed by atoms with Gasteiger partial charge in [-0.2, -0.15) is 5.26 Å². The van der Waals surface area contributed by atoms with Crippen molar-refractivity contribution in [2.75, 3.05) is 11.4 Å². The quantitative estimate of drug-likeness (QED) is 0.870. The van der Waals surface area contributed by atoms with Crippen LogP contribution in [0.4, 0.5) is 5.82 Å². The molecule has 21 heavy (non-hydrogen) atoms. The molecule has 0 bridgehead atoms. The van der Waals surface area contributed by atoms with Gasteiger partial charge in [0.05, 0.1) is 5.56 Å². The molecule has 0 atom stereocenters. The molecule has 0 amide bonds. The second kappa shape index (κ2) is 6.57. The second-order valence-electron chi connectivity index (χ2n) is 5.72. The Morgan fingerprint density at radius 3 is 2.90 bits per heavy atom. The molecule has 5 heteroatoms. The monoisotopic (exact) mass is 287 g/mol. The Hall–Kier alpha value is -2.09. The van der Waals surface area contributed by atoms with E-state index < -0.39 is 5.97 Å². The Morgan fingerprint density at radius 2 is 2.29 bits per heavy atom. The molecule has 1 aromatic rings. The van der Waals surface area contributed by atoms with E-state index in [2.05, 4.69) is 6.07 Å². The lowest BCUT2D eigenvalue weighted by Crippen LogP contribution is -2.33. The van der Waals surface area contributed by atoms with Crippen LogP contribution in [0.5, 0.6) is 0 Å². The van der Waals surface area contributed by atoms with Gasteiger partial charge in [0.15, 0.2) is 0 Å². The fourth-order valence-electron chi connectivity index (χ4n) is 2.77. The first-order chi connectivity index (χ1) is 10.0. The third-order valence-electron chi connectivity index (χ3n) is 3.84. The number of fused-ring (bicyclic) bond motifs is 1. The van der Waals surface area contributed by atoms with Crippen LogP contribution in [-0.4, -0.2) is 28.6 Å². The number of aliphatic carboxylic acids is 1. The van der Waals surface area contributed by atoms with Crippen molar-refractivity contribution in [2.45, 2.75) is 52.0 Å². The highest BCUT2D eigenvalue weighted by Gasteiger charge is 2.21. The maximum Gasteiger partial charge on any atom is 0.303 e. The van der Waals surface area contributed by atoms with E-state index in [1.54, 1.807) is 0 Å². The maximum absolute atomic E-state index is 10.7. The van der Waals surface area contributed by atoms with Crippen molar-refractivity contribution in [3.63, 3.8) is 0 Å². The summed E-state index contributed by atoms with van der Waals surface area (Å²) in [5.74, 6) is -0.0836. The molecule has 0 saturated carbocycles. The molecule has 0 saturated heterocycles. The van der Waals surface area contributed by atoms with Crippen molar-refractivity contribution in [3.05, 3.63) is 22.9 Å². The minimum Gasteiger partial charge on any atom is -0.481 e. The van der Waals surface area contributed by atoms with E-state index in [9.17, 15) is 10.1 Å². The third-order valence-corrected chi connectivity index (χ3v) is 3.84. The largest absolute Gasteiger partial charge is 0.481 e. The number of pyridine rings is 1. The number of carboxylic acids is 1. The van der Waals surface area contributed by atoms with Crippen molar-refractivity contribution >= 4 is 11.8 Å². The average molecular weight is 287 g/mol. The van der Waals surface area contributed by atoms with Gasteiger partial charge in [0.25, 0.3) is 0 Å². The van der Waals surface area contributed by atoms with Gasteiger partial charge in [0.1, 0.15) is 11.9 Å². The van der Waals surface area contributed by atoms with E-state index in [0.717, 1.165) is 25.0 Å². The summed E-state index contributed by atoms with van der Waals surface area (Å²) >= 11 is 0. The summed E-state index contributed by atoms with van der Waals surface area (Å²) in [5, 5.41) is 18.2. The summed E-state index contributed by atoms with van der Waals surface area (Å²) < 4.78 is 0. The number of aromatic nitrogens is 1. The molecule has 1 N–H and O–H groups in total. The van der Waals surface area contributed by atoms with E-state index in [1.807, 2.05) is 24.8 Å². The first-order valence-corrected chi connectivity index (χ1v) is 7.44. The van der Waals surface area contributed by atoms with Crippen molar-refractivity contribution in [3.8, 4) is 6.07 Å². The third kappa shape index (κ3) is 3.52. The molecule has 5 nitrogen and oxygen atoms in total. The number of carbonyl (C=O) groups is 1. The molecule has 1 aliphatic carbocycles. The predicted molar refractivity (Wildman–Crippen MR) is 80.3 cm³/mol. The Labute approximate surface area is 125 Å². The lowest BCUT2D eigenvalue weighted by Gasteiger charge is -2.29. The molecular weight excluding hydrogens is 266 g/mol. The molecule has 1 aliphatic rings. The van der Waals surface area contributed by atoms with Crippen LogP contribution in [0, 0.1) is 11.3 Å². The van der Waals surface area contributed by atoms with Crippen LogP contribution < -0.4 is 4.90 Å². The minimum absolute atomic E-state index is 0.135. The van der Waals surface area contributed by atoms with E-state index in [0.29, 0.717) is 24.3 Å². The topological polar surface area (TPSA) is 77.2 Å². The summed E-state index contributed by atoms with van der Waals surface area (Å²) in [4.78, 5) is 17.4. The van der Waals surface area contributed by atoms with E-state index in [-0.39, 0.29) is 12.5 Å². The molecule has 112 valence electrons. The Kier molecular flexibility index (Phi) is 4.79. The van der Waals surface area contributed by atoms with Gasteiger partial charge < -0.3 is 10.0 Å². The molecule has 0 fully saturated rings. The fourth-order valence-corrected chi connectivity index (χ4v) is 2.77. The van der Waals surface area contributed by atoms with Gasteiger partial charge in [-0.15, -0.1) is 0 Å². The van der Waals surface area contributed by atoms with Gasteiger partial charge in [0, 0.05) is 24.7 Å². The standard InChI is InChI=1S/C16H21N3O2/c1-11(2)19(8-4-7-15(20)21)16-13(10-17)9-12-5-3-6-14(12)18-16/h9,11H,3-8H2,1-2H3,(H,20,21). The van der Waals surface area contributed by atoms with Gasteiger partial charge in [-0.05, 0) is 51.2 Å². The Morgan fingerprint density at radius 1 is 1.52 bits per heavy atom. The van der Waals surface area contributed by atoms with Crippen LogP contribution in [0.3, 0.4) is 0 Å². The smallest absolute Gasteiger partial charge is 0.303 e. The summed E-state index contributed by atoms with van der Waals surface area (Å²) in [5.41, 5.74) is 2.87. The number of anilines is 1. The van der Waals surface area contributed by atoms with Crippen molar-refractivity contribution in [1.82, 2.24) is 4.98 Å². The van der Waals surface area contributed by atoms with Gasteiger partial charge in [0.2, 0.25) is 0 Å². The zero-order valence-electron chi connectivity index (χ0n) is 12.6. The summed E-state index contributed by atoms with van der Waals surface area (Å²) in [6.07, 6.45) is 3.75. The van der Waals surface area contributed by atoms with Crippen LogP contribution in [-0.2, 0) is 17.6 Å². The number of aryl methyl sites for hydroxylation is 2. The number of nitrogens with zero attached hydrogens (tertiary/aromatic N) is 3. The molecule has 0 unspecified atom stereocenters. The van der Waals surface area contributed by atoms with Gasteiger partial charge in [-0.1, -0.05) is 0 Å². The van der Waals surface area contributed by atoms with Crippen LogP contribution in [0.1, 0.15) is 49.9 Å². The van der Waals surface area contributed by atoms with Crippen molar-refractivity contribution in [2.24, 2.45) is 0 Å². The van der Waals surface area contributed by atoms with Crippen LogP contribution in [0.25, 0.3) is 0 Å². The number of carboxylic acid groups (broad SMARTS) is 1. The molecule has 0 aromatic carbocycles. The SMILES string of the molecule is CC(C)N(CCCC(=O)O)c1nc2c(cc1C#N)CCC2. The number of hydrogen-bond acceptors (Lipinski definition) is 4. The molecule has 1 heterocycles. The zero-order valence-corrected chi connectivity index (χ0v) is 12.6. The van der Waals surface area contributed by atoms with Gasteiger partial charge in [-0.25, -0.2) is 4.98 Å². The summed E-state index contributed by atoms with van der Waals surface area (Å²) in [6.45, 7) is 4.68. The fraction of sp³-hybridized carbons (Fsp3) is 0.562. The first-order valence-electron chi connectivity index (χ1n) is 7.44. The van der Waals surface area contributed by atoms with Crippen LogP contribution in [0.2, 0.25) is 0 Å². The lowest BCUT2D eigenvalue weighted by atomic mass is 10.1. The van der Waals surface area contributed by atoms with E-state index >= 15 is 0 Å². The second-order valence-corrected chi connectivity index (χ2v) is 5.72. The van der Waals surface area contributed by atoms with Crippen LogP contribution >= 0.6 is 0 Å². The number of nitriles is 1. The normalized spacial score (nSPS) is 13.0. The maximum atomic E-state index is 10.7. The molecular formula is C16H21N3O2. The lowest BCUT2D eigenvalue weighted by molar-refractivity contribution is -0.137. The number of hydrogen-bond donors (Lipinski definition) is 1. The molecule has 0 radical (unpaired) electrons. The predicted octanol–water partition coefficient (Wildman–Crippen LogP) is 2.52.